The molecule has 0 bridgehead atoms. The van der Waals surface area contributed by atoms with Gasteiger partial charge in [0, 0.05) is 58.4 Å². The van der Waals surface area contributed by atoms with Crippen LogP contribution in [0.1, 0.15) is 23.1 Å². The molecule has 3 aromatic carbocycles. The molecule has 9 heteroatoms. The second kappa shape index (κ2) is 13.5. The van der Waals surface area contributed by atoms with Crippen molar-refractivity contribution >= 4 is 17.5 Å². The third-order valence-corrected chi connectivity index (χ3v) is 7.08. The highest BCUT2D eigenvalue weighted by molar-refractivity contribution is 5.89. The second-order valence-corrected chi connectivity index (χ2v) is 10.5. The van der Waals surface area contributed by atoms with Crippen LogP contribution in [0.4, 0.5) is 14.5 Å². The number of hydrogen-bond donors (Lipinski definition) is 3. The first-order chi connectivity index (χ1) is 19.2. The quantitative estimate of drug-likeness (QED) is 0.323. The fourth-order valence-electron chi connectivity index (χ4n) is 4.92. The molecule has 3 atom stereocenters. The molecule has 0 radical (unpaired) electrons. The van der Waals surface area contributed by atoms with E-state index in [1.807, 2.05) is 73.6 Å². The molecular formula is C31H36F2N4O3. The van der Waals surface area contributed by atoms with Gasteiger partial charge in [-0.25, -0.2) is 8.78 Å². The van der Waals surface area contributed by atoms with Crippen molar-refractivity contribution in [1.82, 2.24) is 15.5 Å². The number of likely N-dealkylation sites (tertiary alicyclic amines) is 1. The van der Waals surface area contributed by atoms with E-state index < -0.39 is 29.7 Å². The molecule has 3 N–H and O–H groups in total. The number of halogens is 2. The minimum absolute atomic E-state index is 0.0216. The first kappa shape index (κ1) is 29.2. The van der Waals surface area contributed by atoms with Gasteiger partial charge < -0.3 is 25.5 Å². The molecule has 1 saturated heterocycles. The van der Waals surface area contributed by atoms with Gasteiger partial charge in [-0.3, -0.25) is 9.59 Å². The van der Waals surface area contributed by atoms with Crippen LogP contribution in [0.5, 0.6) is 0 Å². The fourth-order valence-corrected chi connectivity index (χ4v) is 4.92. The van der Waals surface area contributed by atoms with Crippen molar-refractivity contribution in [2.75, 3.05) is 32.1 Å². The van der Waals surface area contributed by atoms with E-state index in [1.54, 1.807) is 4.90 Å². The van der Waals surface area contributed by atoms with Gasteiger partial charge in [0.05, 0.1) is 18.1 Å². The Hall–Kier alpha value is -3.82. The van der Waals surface area contributed by atoms with Gasteiger partial charge in [0.2, 0.25) is 11.8 Å². The summed E-state index contributed by atoms with van der Waals surface area (Å²) < 4.78 is 27.8. The Morgan fingerprint density at radius 2 is 1.70 bits per heavy atom. The number of rotatable bonds is 12. The van der Waals surface area contributed by atoms with Crippen molar-refractivity contribution in [2.24, 2.45) is 5.92 Å². The van der Waals surface area contributed by atoms with Gasteiger partial charge in [0.1, 0.15) is 11.6 Å². The van der Waals surface area contributed by atoms with E-state index in [9.17, 15) is 23.5 Å². The predicted molar refractivity (Wildman–Crippen MR) is 150 cm³/mol. The molecule has 40 heavy (non-hydrogen) atoms. The van der Waals surface area contributed by atoms with Gasteiger partial charge in [-0.2, -0.15) is 0 Å². The highest BCUT2D eigenvalue weighted by Crippen LogP contribution is 2.21. The SMILES string of the molecule is CN(C)c1cccc(CNC[C@@H](O)[C@H](Cc2cc(F)cc(F)c2)NC(=O)[C@H]2CC(=O)N(Cc3ccccc3)C2)c1. The highest BCUT2D eigenvalue weighted by atomic mass is 19.1. The van der Waals surface area contributed by atoms with Crippen LogP contribution in [0.15, 0.2) is 72.8 Å². The first-order valence-electron chi connectivity index (χ1n) is 13.4. The van der Waals surface area contributed by atoms with Crippen molar-refractivity contribution < 1.29 is 23.5 Å². The summed E-state index contributed by atoms with van der Waals surface area (Å²) in [6, 6.07) is 19.8. The van der Waals surface area contributed by atoms with Crippen molar-refractivity contribution in [3.05, 3.63) is 101 Å². The maximum absolute atomic E-state index is 13.9. The van der Waals surface area contributed by atoms with Gasteiger partial charge in [-0.05, 0) is 47.4 Å². The molecular weight excluding hydrogens is 514 g/mol. The van der Waals surface area contributed by atoms with Gasteiger partial charge in [0.25, 0.3) is 0 Å². The van der Waals surface area contributed by atoms with Gasteiger partial charge in [0.15, 0.2) is 0 Å². The minimum atomic E-state index is -1.05. The molecule has 1 aliphatic heterocycles. The Labute approximate surface area is 233 Å². The summed E-state index contributed by atoms with van der Waals surface area (Å²) in [6.45, 7) is 1.30. The number of nitrogens with one attached hydrogen (secondary N) is 2. The van der Waals surface area contributed by atoms with Crippen LogP contribution < -0.4 is 15.5 Å². The smallest absolute Gasteiger partial charge is 0.225 e. The van der Waals surface area contributed by atoms with Crippen LogP contribution >= 0.6 is 0 Å². The number of amides is 2. The monoisotopic (exact) mass is 550 g/mol. The van der Waals surface area contributed by atoms with Crippen LogP contribution in [-0.4, -0.2) is 61.2 Å². The van der Waals surface area contributed by atoms with Crippen LogP contribution in [0.3, 0.4) is 0 Å². The zero-order valence-corrected chi connectivity index (χ0v) is 22.8. The first-order valence-corrected chi connectivity index (χ1v) is 13.4. The lowest BCUT2D eigenvalue weighted by atomic mass is 9.99. The zero-order valence-electron chi connectivity index (χ0n) is 22.8. The van der Waals surface area contributed by atoms with E-state index in [2.05, 4.69) is 10.6 Å². The van der Waals surface area contributed by atoms with Crippen molar-refractivity contribution in [3.63, 3.8) is 0 Å². The van der Waals surface area contributed by atoms with E-state index in [0.29, 0.717) is 18.7 Å². The summed E-state index contributed by atoms with van der Waals surface area (Å²) in [7, 11) is 3.91. The van der Waals surface area contributed by atoms with Gasteiger partial charge in [-0.15, -0.1) is 0 Å². The van der Waals surface area contributed by atoms with E-state index >= 15 is 0 Å². The molecule has 2 amide bonds. The average molecular weight is 551 g/mol. The Kier molecular flexibility index (Phi) is 9.84. The third kappa shape index (κ3) is 8.09. The van der Waals surface area contributed by atoms with E-state index in [1.165, 1.54) is 12.1 Å². The Morgan fingerprint density at radius 1 is 1.00 bits per heavy atom. The topological polar surface area (TPSA) is 84.9 Å². The lowest BCUT2D eigenvalue weighted by Crippen LogP contribution is -2.50. The van der Waals surface area contributed by atoms with Crippen LogP contribution in [0, 0.1) is 17.6 Å². The van der Waals surface area contributed by atoms with Crippen molar-refractivity contribution in [3.8, 4) is 0 Å². The standard InChI is InChI=1S/C31H36F2N4O3/c1-36(2)27-10-6-9-22(13-27)17-34-18-29(38)28(14-23-11-25(32)16-26(33)12-23)35-31(40)24-15-30(39)37(20-24)19-21-7-4-3-5-8-21/h3-13,16,24,28-29,34,38H,14-15,17-20H2,1-2H3,(H,35,40)/t24-,28-,29+/m0/s1. The molecule has 7 nitrogen and oxygen atoms in total. The summed E-state index contributed by atoms with van der Waals surface area (Å²) in [5.41, 5.74) is 3.36. The molecule has 212 valence electrons. The molecule has 4 rings (SSSR count). The summed E-state index contributed by atoms with van der Waals surface area (Å²) in [5, 5.41) is 17.1. The lowest BCUT2D eigenvalue weighted by Gasteiger charge is -2.26. The van der Waals surface area contributed by atoms with Crippen LogP contribution in [0.2, 0.25) is 0 Å². The zero-order chi connectivity index (χ0) is 28.6. The number of benzene rings is 3. The summed E-state index contributed by atoms with van der Waals surface area (Å²) in [4.78, 5) is 29.5. The summed E-state index contributed by atoms with van der Waals surface area (Å²) >= 11 is 0. The number of hydrogen-bond acceptors (Lipinski definition) is 5. The van der Waals surface area contributed by atoms with Crippen LogP contribution in [0.25, 0.3) is 0 Å². The number of carbonyl (C=O) groups is 2. The Morgan fingerprint density at radius 3 is 2.40 bits per heavy atom. The van der Waals surface area contributed by atoms with Crippen LogP contribution in [-0.2, 0) is 29.1 Å². The Bertz CT molecular complexity index is 1280. The number of anilines is 1. The normalized spacial score (nSPS) is 16.6. The number of carbonyl (C=O) groups excluding carboxylic acids is 2. The molecule has 0 aliphatic carbocycles. The van der Waals surface area contributed by atoms with Crippen molar-refractivity contribution in [1.29, 1.82) is 0 Å². The Balaban J connectivity index is 1.41. The largest absolute Gasteiger partial charge is 0.390 e. The maximum Gasteiger partial charge on any atom is 0.225 e. The van der Waals surface area contributed by atoms with Gasteiger partial charge >= 0.3 is 0 Å². The highest BCUT2D eigenvalue weighted by Gasteiger charge is 2.36. The molecule has 0 unspecified atom stereocenters. The molecule has 1 heterocycles. The van der Waals surface area contributed by atoms with E-state index in [-0.39, 0.29) is 37.7 Å². The van der Waals surface area contributed by atoms with E-state index in [0.717, 1.165) is 22.9 Å². The number of nitrogens with zero attached hydrogens (tertiary/aromatic N) is 2. The minimum Gasteiger partial charge on any atom is -0.390 e. The summed E-state index contributed by atoms with van der Waals surface area (Å²) in [6.07, 6.45) is -0.963. The molecule has 1 aliphatic rings. The maximum atomic E-state index is 13.9. The number of aliphatic hydroxyl groups excluding tert-OH is 1. The molecule has 3 aromatic rings. The van der Waals surface area contributed by atoms with E-state index in [4.69, 9.17) is 0 Å². The fraction of sp³-hybridized carbons (Fsp3) is 0.355. The second-order valence-electron chi connectivity index (χ2n) is 10.5. The van der Waals surface area contributed by atoms with Gasteiger partial charge in [-0.1, -0.05) is 42.5 Å². The lowest BCUT2D eigenvalue weighted by molar-refractivity contribution is -0.129. The average Bonchev–Trinajstić information content (AvgIpc) is 3.28. The molecule has 1 fully saturated rings. The molecule has 0 spiro atoms. The predicted octanol–water partition coefficient (Wildman–Crippen LogP) is 3.26. The third-order valence-electron chi connectivity index (χ3n) is 7.08. The number of aliphatic hydroxyl groups is 1. The van der Waals surface area contributed by atoms with Crippen molar-refractivity contribution in [2.45, 2.75) is 38.1 Å². The molecule has 0 aromatic heterocycles. The summed E-state index contributed by atoms with van der Waals surface area (Å²) in [5.74, 6) is -2.53. The molecule has 0 saturated carbocycles.